The highest BCUT2D eigenvalue weighted by Crippen LogP contribution is 2.19. The molecule has 0 saturated heterocycles. The molecule has 1 atom stereocenters. The molecule has 1 saturated carbocycles. The van der Waals surface area contributed by atoms with Gasteiger partial charge in [0.1, 0.15) is 0 Å². The zero-order chi connectivity index (χ0) is 13.8. The molecule has 5 nitrogen and oxygen atoms in total. The van der Waals surface area contributed by atoms with Crippen molar-refractivity contribution >= 4 is 12.0 Å². The van der Waals surface area contributed by atoms with Gasteiger partial charge in [0.25, 0.3) is 0 Å². The molecule has 1 fully saturated rings. The fourth-order valence-corrected chi connectivity index (χ4v) is 1.69. The number of isocyanates is 1. The highest BCUT2D eigenvalue weighted by atomic mass is 16.4. The van der Waals surface area contributed by atoms with Crippen LogP contribution in [0.1, 0.15) is 52.4 Å². The number of nitrogens with zero attached hydrogens (tertiary/aromatic N) is 1. The van der Waals surface area contributed by atoms with Gasteiger partial charge in [-0.3, -0.25) is 4.79 Å². The Bertz CT molecular complexity index is 269. The first-order valence-electron chi connectivity index (χ1n) is 6.62. The van der Waals surface area contributed by atoms with E-state index >= 15 is 0 Å². The molecule has 0 aromatic heterocycles. The average molecular weight is 256 g/mol. The van der Waals surface area contributed by atoms with Crippen molar-refractivity contribution in [2.45, 2.75) is 64.5 Å². The van der Waals surface area contributed by atoms with E-state index in [1.807, 2.05) is 13.8 Å². The third kappa shape index (κ3) is 10.00. The minimum atomic E-state index is -0.796. The number of rotatable bonds is 5. The fraction of sp³-hybridized carbons (Fsp3) is 0.846. The van der Waals surface area contributed by atoms with Crippen LogP contribution in [-0.2, 0) is 9.59 Å². The van der Waals surface area contributed by atoms with Crippen molar-refractivity contribution in [2.75, 3.05) is 6.54 Å². The minimum Gasteiger partial charge on any atom is -0.480 e. The van der Waals surface area contributed by atoms with Crippen molar-refractivity contribution in [1.82, 2.24) is 5.32 Å². The summed E-state index contributed by atoms with van der Waals surface area (Å²) < 4.78 is 0. The summed E-state index contributed by atoms with van der Waals surface area (Å²) in [6.07, 6.45) is 8.54. The number of carboxylic acids is 1. The Morgan fingerprint density at radius 1 is 1.44 bits per heavy atom. The summed E-state index contributed by atoms with van der Waals surface area (Å²) in [6.45, 7) is 4.04. The van der Waals surface area contributed by atoms with Gasteiger partial charge in [-0.05, 0) is 26.2 Å². The van der Waals surface area contributed by atoms with Gasteiger partial charge >= 0.3 is 5.97 Å². The fourth-order valence-electron chi connectivity index (χ4n) is 1.69. The van der Waals surface area contributed by atoms with Crippen molar-refractivity contribution in [1.29, 1.82) is 0 Å². The normalized spacial score (nSPS) is 17.0. The maximum absolute atomic E-state index is 9.96. The summed E-state index contributed by atoms with van der Waals surface area (Å²) in [5, 5.41) is 11.0. The standard InChI is InChI=1S/C7H11NO.C6H13NO2/c9-6-8-7-4-2-1-3-5-7;1-3-5(2)7-4-6(8)9/h7H,1-5H2;5,7H,3-4H2,1-2H3,(H,8,9). The molecule has 18 heavy (non-hydrogen) atoms. The van der Waals surface area contributed by atoms with Crippen LogP contribution in [0.5, 0.6) is 0 Å². The molecular formula is C13H24N2O3. The predicted molar refractivity (Wildman–Crippen MR) is 70.4 cm³/mol. The second-order valence-electron chi connectivity index (χ2n) is 4.60. The topological polar surface area (TPSA) is 78.8 Å². The van der Waals surface area contributed by atoms with E-state index in [0.717, 1.165) is 19.3 Å². The highest BCUT2D eigenvalue weighted by molar-refractivity contribution is 5.69. The van der Waals surface area contributed by atoms with Crippen molar-refractivity contribution in [3.8, 4) is 0 Å². The van der Waals surface area contributed by atoms with Crippen LogP contribution < -0.4 is 5.32 Å². The lowest BCUT2D eigenvalue weighted by Gasteiger charge is -2.14. The quantitative estimate of drug-likeness (QED) is 0.583. The maximum Gasteiger partial charge on any atom is 0.317 e. The van der Waals surface area contributed by atoms with E-state index in [4.69, 9.17) is 5.11 Å². The van der Waals surface area contributed by atoms with Gasteiger partial charge in [0.2, 0.25) is 6.08 Å². The molecule has 2 N–H and O–H groups in total. The molecule has 0 heterocycles. The number of carboxylic acid groups (broad SMARTS) is 1. The first-order valence-corrected chi connectivity index (χ1v) is 6.62. The molecule has 0 aliphatic heterocycles. The van der Waals surface area contributed by atoms with E-state index in [1.54, 1.807) is 6.08 Å². The molecule has 1 unspecified atom stereocenters. The van der Waals surface area contributed by atoms with Crippen LogP contribution in [0.2, 0.25) is 0 Å². The summed E-state index contributed by atoms with van der Waals surface area (Å²) >= 11 is 0. The molecule has 1 rings (SSSR count). The maximum atomic E-state index is 9.96. The predicted octanol–water partition coefficient (Wildman–Crippen LogP) is 2.11. The van der Waals surface area contributed by atoms with Crippen LogP contribution in [0.3, 0.4) is 0 Å². The number of hydrogen-bond acceptors (Lipinski definition) is 4. The Balaban J connectivity index is 0.000000321. The van der Waals surface area contributed by atoms with Gasteiger partial charge in [-0.15, -0.1) is 0 Å². The first kappa shape index (κ1) is 16.8. The SMILES string of the molecule is CCC(C)NCC(=O)O.O=C=NC1CCCCC1. The molecule has 1 aliphatic rings. The molecular weight excluding hydrogens is 232 g/mol. The number of carbonyl (C=O) groups is 1. The minimum absolute atomic E-state index is 0.0645. The van der Waals surface area contributed by atoms with Gasteiger partial charge in [-0.1, -0.05) is 26.2 Å². The highest BCUT2D eigenvalue weighted by Gasteiger charge is 2.10. The van der Waals surface area contributed by atoms with Crippen molar-refractivity contribution < 1.29 is 14.7 Å². The Morgan fingerprint density at radius 3 is 2.50 bits per heavy atom. The lowest BCUT2D eigenvalue weighted by molar-refractivity contribution is -0.136. The summed E-state index contributed by atoms with van der Waals surface area (Å²) in [7, 11) is 0. The number of hydrogen-bond donors (Lipinski definition) is 2. The van der Waals surface area contributed by atoms with E-state index in [9.17, 15) is 9.59 Å². The Hall–Kier alpha value is -1.19. The van der Waals surface area contributed by atoms with Crippen molar-refractivity contribution in [3.63, 3.8) is 0 Å². The van der Waals surface area contributed by atoms with E-state index in [1.165, 1.54) is 19.3 Å². The van der Waals surface area contributed by atoms with Crippen LogP contribution in [-0.4, -0.2) is 35.8 Å². The molecule has 0 bridgehead atoms. The molecule has 0 spiro atoms. The van der Waals surface area contributed by atoms with Crippen LogP contribution >= 0.6 is 0 Å². The van der Waals surface area contributed by atoms with Crippen LogP contribution in [0.15, 0.2) is 4.99 Å². The third-order valence-corrected chi connectivity index (χ3v) is 3.02. The van der Waals surface area contributed by atoms with E-state index in [0.29, 0.717) is 12.1 Å². The third-order valence-electron chi connectivity index (χ3n) is 3.02. The average Bonchev–Trinajstić information content (AvgIpc) is 2.38. The molecule has 0 radical (unpaired) electrons. The smallest absolute Gasteiger partial charge is 0.317 e. The first-order chi connectivity index (χ1) is 8.60. The van der Waals surface area contributed by atoms with Gasteiger partial charge in [0.15, 0.2) is 0 Å². The largest absolute Gasteiger partial charge is 0.480 e. The molecule has 1 aliphatic carbocycles. The van der Waals surface area contributed by atoms with Crippen LogP contribution in [0.25, 0.3) is 0 Å². The van der Waals surface area contributed by atoms with Gasteiger partial charge < -0.3 is 10.4 Å². The van der Waals surface area contributed by atoms with Gasteiger partial charge in [0.05, 0.1) is 12.6 Å². The monoisotopic (exact) mass is 256 g/mol. The van der Waals surface area contributed by atoms with E-state index in [-0.39, 0.29) is 6.54 Å². The van der Waals surface area contributed by atoms with Gasteiger partial charge in [-0.2, -0.15) is 0 Å². The Labute approximate surface area is 109 Å². The second kappa shape index (κ2) is 10.9. The zero-order valence-electron chi connectivity index (χ0n) is 11.3. The number of aliphatic carboxylic acids is 1. The number of aliphatic imine (C=N–C) groups is 1. The molecule has 5 heteroatoms. The Morgan fingerprint density at radius 2 is 2.06 bits per heavy atom. The summed E-state index contributed by atoms with van der Waals surface area (Å²) in [6, 6.07) is 0.609. The van der Waals surface area contributed by atoms with Gasteiger partial charge in [0, 0.05) is 6.04 Å². The molecule has 104 valence electrons. The number of carbonyl (C=O) groups excluding carboxylic acids is 1. The van der Waals surface area contributed by atoms with E-state index < -0.39 is 5.97 Å². The van der Waals surface area contributed by atoms with Crippen LogP contribution in [0.4, 0.5) is 0 Å². The lowest BCUT2D eigenvalue weighted by Crippen LogP contribution is -2.30. The number of nitrogens with one attached hydrogen (secondary N) is 1. The molecule has 0 aromatic rings. The Kier molecular flexibility index (Phi) is 10.2. The lowest BCUT2D eigenvalue weighted by atomic mass is 9.96. The zero-order valence-corrected chi connectivity index (χ0v) is 11.3. The molecule has 0 aromatic carbocycles. The van der Waals surface area contributed by atoms with E-state index in [2.05, 4.69) is 10.3 Å². The van der Waals surface area contributed by atoms with Crippen molar-refractivity contribution in [2.24, 2.45) is 4.99 Å². The van der Waals surface area contributed by atoms with Crippen LogP contribution in [0, 0.1) is 0 Å². The summed E-state index contributed by atoms with van der Waals surface area (Å²) in [4.78, 5) is 23.4. The molecule has 0 amide bonds. The second-order valence-corrected chi connectivity index (χ2v) is 4.60. The summed E-state index contributed by atoms with van der Waals surface area (Å²) in [5.41, 5.74) is 0. The van der Waals surface area contributed by atoms with Crippen molar-refractivity contribution in [3.05, 3.63) is 0 Å². The summed E-state index contributed by atoms with van der Waals surface area (Å²) in [5.74, 6) is -0.796. The van der Waals surface area contributed by atoms with Gasteiger partial charge in [-0.25, -0.2) is 9.79 Å².